The standard InChI is InChI=1S/CF6Se/c2-1(3,4)8(5,6)7. The second-order valence-electron chi connectivity index (χ2n) is 0.852. The number of rotatable bonds is 0. The van der Waals surface area contributed by atoms with Crippen LogP contribution in [0.25, 0.3) is 0 Å². The molecular formula is CF6Se. The molecule has 0 saturated carbocycles. The Morgan fingerprint density at radius 3 is 1.00 bits per heavy atom. The normalized spacial score (nSPS) is 16.2. The summed E-state index contributed by atoms with van der Waals surface area (Å²) in [6.07, 6.45) is 0. The maximum atomic E-state index is 10.6. The summed E-state index contributed by atoms with van der Waals surface area (Å²) >= 11 is -7.52. The summed E-state index contributed by atoms with van der Waals surface area (Å²) in [7, 11) is 0. The zero-order valence-corrected chi connectivity index (χ0v) is 4.89. The van der Waals surface area contributed by atoms with Gasteiger partial charge in [-0.25, -0.2) is 0 Å². The van der Waals surface area contributed by atoms with Gasteiger partial charge in [-0.15, -0.1) is 0 Å². The van der Waals surface area contributed by atoms with Crippen molar-refractivity contribution < 1.29 is 23.8 Å². The molecular weight excluding hydrogens is 205 g/mol. The summed E-state index contributed by atoms with van der Waals surface area (Å²) in [6.45, 7) is 0. The van der Waals surface area contributed by atoms with Crippen LogP contribution in [0.5, 0.6) is 0 Å². The maximum absolute atomic E-state index is 10.6. The molecule has 0 atom stereocenters. The molecule has 0 aromatic rings. The topological polar surface area (TPSA) is 0 Å². The molecule has 0 aliphatic rings. The third-order valence-electron chi connectivity index (χ3n) is 0.262. The fourth-order valence-corrected chi connectivity index (χ4v) is 0. The molecule has 0 aromatic carbocycles. The predicted octanol–water partition coefficient (Wildman–Crippen LogP) is 1.94. The van der Waals surface area contributed by atoms with Crippen molar-refractivity contribution in [1.82, 2.24) is 0 Å². The van der Waals surface area contributed by atoms with Crippen LogP contribution in [0.4, 0.5) is 23.8 Å². The van der Waals surface area contributed by atoms with Crippen LogP contribution in [0.3, 0.4) is 0 Å². The van der Waals surface area contributed by atoms with Crippen LogP contribution in [0.15, 0.2) is 0 Å². The van der Waals surface area contributed by atoms with Gasteiger partial charge in [0, 0.05) is 0 Å². The quantitative estimate of drug-likeness (QED) is 0.418. The molecule has 0 aliphatic heterocycles. The van der Waals surface area contributed by atoms with Crippen LogP contribution < -0.4 is 0 Å². The van der Waals surface area contributed by atoms with Crippen molar-refractivity contribution in [2.75, 3.05) is 0 Å². The van der Waals surface area contributed by atoms with Crippen molar-refractivity contribution in [2.45, 2.75) is 5.07 Å². The van der Waals surface area contributed by atoms with Gasteiger partial charge in [-0.3, -0.25) is 0 Å². The predicted molar refractivity (Wildman–Crippen MR) is 15.1 cm³/mol. The molecule has 0 unspecified atom stereocenters. The summed E-state index contributed by atoms with van der Waals surface area (Å²) in [5, 5.41) is -5.91. The third kappa shape index (κ3) is 1.92. The van der Waals surface area contributed by atoms with Gasteiger partial charge in [-0.1, -0.05) is 0 Å². The summed E-state index contributed by atoms with van der Waals surface area (Å²) in [5.41, 5.74) is 0. The fourth-order valence-electron chi connectivity index (χ4n) is 0. The number of alkyl halides is 3. The minimum absolute atomic E-state index is 5.91. The molecule has 52 valence electrons. The van der Waals surface area contributed by atoms with Crippen molar-refractivity contribution in [3.8, 4) is 0 Å². The van der Waals surface area contributed by atoms with E-state index in [4.69, 9.17) is 0 Å². The Labute approximate surface area is 44.1 Å². The SMILES string of the molecule is FC(F)(F)[Se](F)(F)F. The first-order valence-corrected chi connectivity index (χ1v) is 4.03. The second kappa shape index (κ2) is 1.80. The van der Waals surface area contributed by atoms with Gasteiger partial charge in [-0.2, -0.15) is 0 Å². The number of halogens is 6. The van der Waals surface area contributed by atoms with E-state index in [-0.39, 0.29) is 0 Å². The van der Waals surface area contributed by atoms with Crippen molar-refractivity contribution >= 4 is 14.2 Å². The Morgan fingerprint density at radius 2 is 1.00 bits per heavy atom. The molecule has 0 aliphatic carbocycles. The van der Waals surface area contributed by atoms with Crippen molar-refractivity contribution in [3.05, 3.63) is 0 Å². The molecule has 8 heavy (non-hydrogen) atoms. The molecule has 0 N–H and O–H groups in total. The molecule has 0 heterocycles. The molecule has 0 aromatic heterocycles. The van der Waals surface area contributed by atoms with Gasteiger partial charge < -0.3 is 0 Å². The summed E-state index contributed by atoms with van der Waals surface area (Å²) < 4.78 is 63.3. The Morgan fingerprint density at radius 1 is 0.875 bits per heavy atom. The van der Waals surface area contributed by atoms with Crippen LogP contribution in [-0.4, -0.2) is 19.3 Å². The van der Waals surface area contributed by atoms with Crippen molar-refractivity contribution in [2.24, 2.45) is 0 Å². The fraction of sp³-hybridized carbons (Fsp3) is 1.00. The van der Waals surface area contributed by atoms with Gasteiger partial charge in [0.25, 0.3) is 0 Å². The van der Waals surface area contributed by atoms with Gasteiger partial charge in [-0.05, 0) is 0 Å². The van der Waals surface area contributed by atoms with E-state index in [2.05, 4.69) is 0 Å². The molecule has 0 amide bonds. The molecule has 0 rings (SSSR count). The summed E-state index contributed by atoms with van der Waals surface area (Å²) in [5.74, 6) is 0. The van der Waals surface area contributed by atoms with Crippen LogP contribution in [0.2, 0.25) is 0 Å². The Balaban J connectivity index is 4.02. The van der Waals surface area contributed by atoms with E-state index in [1.54, 1.807) is 0 Å². The van der Waals surface area contributed by atoms with Crippen LogP contribution in [0.1, 0.15) is 0 Å². The molecule has 0 spiro atoms. The zero-order valence-electron chi connectivity index (χ0n) is 3.18. The van der Waals surface area contributed by atoms with E-state index in [0.717, 1.165) is 0 Å². The third-order valence-corrected chi connectivity index (χ3v) is 1.36. The average Bonchev–Trinajstić information content (AvgIpc) is 1.25. The first-order valence-electron chi connectivity index (χ1n) is 1.23. The Kier molecular flexibility index (Phi) is 1.83. The second-order valence-corrected chi connectivity index (χ2v) is 3.53. The van der Waals surface area contributed by atoms with Crippen LogP contribution in [-0.2, 0) is 0 Å². The molecule has 0 nitrogen and oxygen atoms in total. The molecule has 0 radical (unpaired) electrons. The van der Waals surface area contributed by atoms with E-state index in [1.165, 1.54) is 0 Å². The van der Waals surface area contributed by atoms with E-state index >= 15 is 0 Å². The van der Waals surface area contributed by atoms with E-state index in [9.17, 15) is 23.8 Å². The van der Waals surface area contributed by atoms with Gasteiger partial charge in [0.2, 0.25) is 0 Å². The number of hydrogen-bond donors (Lipinski definition) is 0. The molecule has 0 saturated heterocycles. The molecule has 7 heteroatoms. The van der Waals surface area contributed by atoms with E-state index in [0.29, 0.717) is 0 Å². The minimum atomic E-state index is -7.52. The van der Waals surface area contributed by atoms with E-state index < -0.39 is 19.3 Å². The van der Waals surface area contributed by atoms with Gasteiger partial charge in [0.05, 0.1) is 0 Å². The molecule has 0 fully saturated rings. The van der Waals surface area contributed by atoms with Crippen molar-refractivity contribution in [3.63, 3.8) is 0 Å². The van der Waals surface area contributed by atoms with Crippen LogP contribution >= 0.6 is 0 Å². The van der Waals surface area contributed by atoms with Gasteiger partial charge in [0.1, 0.15) is 0 Å². The molecule has 0 bridgehead atoms. The van der Waals surface area contributed by atoms with Gasteiger partial charge >= 0.3 is 43.1 Å². The van der Waals surface area contributed by atoms with Crippen molar-refractivity contribution in [1.29, 1.82) is 0 Å². The van der Waals surface area contributed by atoms with Crippen LogP contribution in [0, 0.1) is 0 Å². The first-order chi connectivity index (χ1) is 3.25. The zero-order chi connectivity index (χ0) is 7.00. The Hall–Kier alpha value is 0.0995. The number of hydrogen-bond acceptors (Lipinski definition) is 0. The average molecular weight is 205 g/mol. The first kappa shape index (κ1) is 8.10. The Bertz CT molecular complexity index is 63.5. The van der Waals surface area contributed by atoms with E-state index in [1.807, 2.05) is 0 Å². The summed E-state index contributed by atoms with van der Waals surface area (Å²) in [6, 6.07) is 0. The van der Waals surface area contributed by atoms with Gasteiger partial charge in [0.15, 0.2) is 0 Å². The monoisotopic (exact) mass is 206 g/mol. The summed E-state index contributed by atoms with van der Waals surface area (Å²) in [4.78, 5) is 0.